The number of rotatable bonds is 2. The Kier molecular flexibility index (Phi) is 1.70. The minimum Gasteiger partial charge on any atom is -0.369 e. The highest BCUT2D eigenvalue weighted by Gasteiger charge is 2.02. The van der Waals surface area contributed by atoms with Crippen molar-refractivity contribution in [1.29, 1.82) is 0 Å². The number of primary amides is 1. The molecule has 2 aromatic rings. The van der Waals surface area contributed by atoms with Crippen LogP contribution in [0.4, 0.5) is 0 Å². The fourth-order valence-corrected chi connectivity index (χ4v) is 1.16. The molecule has 0 aromatic carbocycles. The molecule has 0 atom stereocenters. The van der Waals surface area contributed by atoms with Crippen molar-refractivity contribution in [2.24, 2.45) is 5.73 Å². The number of aromatic amines is 1. The molecule has 5 nitrogen and oxygen atoms in total. The molecule has 0 saturated carbocycles. The molecule has 0 spiro atoms. The zero-order valence-electron chi connectivity index (χ0n) is 6.82. The first kappa shape index (κ1) is 7.72. The van der Waals surface area contributed by atoms with Crippen LogP contribution in [0.1, 0.15) is 5.69 Å². The van der Waals surface area contributed by atoms with Crippen LogP contribution in [0.2, 0.25) is 0 Å². The smallest absolute Gasteiger partial charge is 0.223 e. The van der Waals surface area contributed by atoms with Crippen LogP contribution in [0.3, 0.4) is 0 Å². The van der Waals surface area contributed by atoms with E-state index in [2.05, 4.69) is 15.2 Å². The van der Waals surface area contributed by atoms with E-state index in [-0.39, 0.29) is 6.42 Å². The predicted molar refractivity (Wildman–Crippen MR) is 46.8 cm³/mol. The lowest BCUT2D eigenvalue weighted by Gasteiger charge is -1.94. The number of carbonyl (C=O) groups is 1. The summed E-state index contributed by atoms with van der Waals surface area (Å²) in [6, 6.07) is 3.66. The van der Waals surface area contributed by atoms with Crippen molar-refractivity contribution in [3.63, 3.8) is 0 Å². The van der Waals surface area contributed by atoms with Crippen LogP contribution < -0.4 is 5.73 Å². The number of nitrogens with zero attached hydrogens (tertiary/aromatic N) is 2. The second-order valence-corrected chi connectivity index (χ2v) is 2.76. The van der Waals surface area contributed by atoms with Crippen molar-refractivity contribution in [2.45, 2.75) is 6.42 Å². The van der Waals surface area contributed by atoms with Gasteiger partial charge in [-0.1, -0.05) is 0 Å². The number of aromatic nitrogens is 3. The molecule has 2 heterocycles. The van der Waals surface area contributed by atoms with Gasteiger partial charge >= 0.3 is 0 Å². The maximum atomic E-state index is 10.6. The highest BCUT2D eigenvalue weighted by atomic mass is 16.1. The third-order valence-corrected chi connectivity index (χ3v) is 1.71. The Balaban J connectivity index is 2.42. The Bertz CT molecular complexity index is 448. The molecule has 0 fully saturated rings. The summed E-state index contributed by atoms with van der Waals surface area (Å²) in [5.74, 6) is -0.399. The van der Waals surface area contributed by atoms with E-state index in [1.807, 2.05) is 6.07 Å². The molecule has 0 bridgehead atoms. The quantitative estimate of drug-likeness (QED) is 0.674. The number of nitrogens with one attached hydrogen (secondary N) is 1. The van der Waals surface area contributed by atoms with Crippen LogP contribution in [0, 0.1) is 0 Å². The minimum atomic E-state index is -0.399. The van der Waals surface area contributed by atoms with Crippen molar-refractivity contribution in [3.8, 4) is 0 Å². The Morgan fingerprint density at radius 1 is 1.54 bits per heavy atom. The third kappa shape index (κ3) is 1.48. The van der Waals surface area contributed by atoms with Crippen molar-refractivity contribution >= 4 is 16.9 Å². The zero-order chi connectivity index (χ0) is 9.26. The lowest BCUT2D eigenvalue weighted by molar-refractivity contribution is -0.117. The summed E-state index contributed by atoms with van der Waals surface area (Å²) >= 11 is 0. The topological polar surface area (TPSA) is 84.7 Å². The first-order valence-electron chi connectivity index (χ1n) is 3.84. The summed E-state index contributed by atoms with van der Waals surface area (Å²) in [6.45, 7) is 0. The van der Waals surface area contributed by atoms with E-state index in [0.29, 0.717) is 11.3 Å². The van der Waals surface area contributed by atoms with Gasteiger partial charge in [-0.15, -0.1) is 5.10 Å². The summed E-state index contributed by atoms with van der Waals surface area (Å²) in [4.78, 5) is 13.5. The highest BCUT2D eigenvalue weighted by molar-refractivity contribution is 5.79. The van der Waals surface area contributed by atoms with E-state index in [9.17, 15) is 4.79 Å². The van der Waals surface area contributed by atoms with Gasteiger partial charge in [0.1, 0.15) is 0 Å². The molecule has 0 saturated heterocycles. The lowest BCUT2D eigenvalue weighted by atomic mass is 10.2. The molecule has 5 heteroatoms. The Morgan fingerprint density at radius 3 is 3.15 bits per heavy atom. The van der Waals surface area contributed by atoms with Crippen molar-refractivity contribution < 1.29 is 4.79 Å². The average molecular weight is 176 g/mol. The van der Waals surface area contributed by atoms with E-state index in [1.54, 1.807) is 12.3 Å². The molecular weight excluding hydrogens is 168 g/mol. The van der Waals surface area contributed by atoms with Gasteiger partial charge in [-0.25, -0.2) is 0 Å². The SMILES string of the molecule is NC(=O)Cc1cc2cc[nH]c2nn1. The van der Waals surface area contributed by atoms with E-state index >= 15 is 0 Å². The number of amides is 1. The maximum Gasteiger partial charge on any atom is 0.223 e. The summed E-state index contributed by atoms with van der Waals surface area (Å²) < 4.78 is 0. The van der Waals surface area contributed by atoms with E-state index in [1.165, 1.54) is 0 Å². The minimum absolute atomic E-state index is 0.133. The van der Waals surface area contributed by atoms with Gasteiger partial charge in [0.15, 0.2) is 5.65 Å². The predicted octanol–water partition coefficient (Wildman–Crippen LogP) is -0.0143. The lowest BCUT2D eigenvalue weighted by Crippen LogP contribution is -2.14. The van der Waals surface area contributed by atoms with Crippen LogP contribution in [0.25, 0.3) is 11.0 Å². The molecule has 2 rings (SSSR count). The standard InChI is InChI=1S/C8H8N4O/c9-7(13)4-6-3-5-1-2-10-8(5)12-11-6/h1-3H,4H2,(H2,9,13)(H,10,12). The molecule has 0 aliphatic heterocycles. The van der Waals surface area contributed by atoms with Gasteiger partial charge in [-0.2, -0.15) is 5.10 Å². The Morgan fingerprint density at radius 2 is 2.38 bits per heavy atom. The van der Waals surface area contributed by atoms with Gasteiger partial charge in [0.25, 0.3) is 0 Å². The molecule has 0 unspecified atom stereocenters. The second-order valence-electron chi connectivity index (χ2n) is 2.76. The number of carbonyl (C=O) groups excluding carboxylic acids is 1. The fourth-order valence-electron chi connectivity index (χ4n) is 1.16. The highest BCUT2D eigenvalue weighted by Crippen LogP contribution is 2.08. The monoisotopic (exact) mass is 176 g/mol. The van der Waals surface area contributed by atoms with Crippen molar-refractivity contribution in [1.82, 2.24) is 15.2 Å². The number of fused-ring (bicyclic) bond motifs is 1. The van der Waals surface area contributed by atoms with E-state index in [0.717, 1.165) is 5.39 Å². The number of hydrogen-bond donors (Lipinski definition) is 2. The average Bonchev–Trinajstić information content (AvgIpc) is 2.49. The van der Waals surface area contributed by atoms with Gasteiger partial charge < -0.3 is 10.7 Å². The van der Waals surface area contributed by atoms with Crippen LogP contribution in [-0.4, -0.2) is 21.1 Å². The number of nitrogens with two attached hydrogens (primary N) is 1. The van der Waals surface area contributed by atoms with Crippen LogP contribution in [-0.2, 0) is 11.2 Å². The zero-order valence-corrected chi connectivity index (χ0v) is 6.82. The van der Waals surface area contributed by atoms with Gasteiger partial charge in [-0.05, 0) is 12.1 Å². The van der Waals surface area contributed by atoms with Gasteiger partial charge in [0.05, 0.1) is 12.1 Å². The molecule has 0 aliphatic carbocycles. The van der Waals surface area contributed by atoms with E-state index in [4.69, 9.17) is 5.73 Å². The molecule has 0 aliphatic rings. The van der Waals surface area contributed by atoms with Gasteiger partial charge in [0.2, 0.25) is 5.91 Å². The summed E-state index contributed by atoms with van der Waals surface area (Å²) in [6.07, 6.45) is 1.90. The summed E-state index contributed by atoms with van der Waals surface area (Å²) in [5, 5.41) is 8.65. The van der Waals surface area contributed by atoms with Crippen molar-refractivity contribution in [2.75, 3.05) is 0 Å². The first-order chi connectivity index (χ1) is 6.25. The maximum absolute atomic E-state index is 10.6. The third-order valence-electron chi connectivity index (χ3n) is 1.71. The van der Waals surface area contributed by atoms with Crippen LogP contribution in [0.15, 0.2) is 18.3 Å². The fraction of sp³-hybridized carbons (Fsp3) is 0.125. The molecule has 66 valence electrons. The molecule has 0 radical (unpaired) electrons. The summed E-state index contributed by atoms with van der Waals surface area (Å²) in [7, 11) is 0. The molecule has 2 aromatic heterocycles. The van der Waals surface area contributed by atoms with Crippen LogP contribution >= 0.6 is 0 Å². The first-order valence-corrected chi connectivity index (χ1v) is 3.84. The van der Waals surface area contributed by atoms with Crippen molar-refractivity contribution in [3.05, 3.63) is 24.0 Å². The largest absolute Gasteiger partial charge is 0.369 e. The molecule has 1 amide bonds. The normalized spacial score (nSPS) is 10.5. The van der Waals surface area contributed by atoms with Gasteiger partial charge in [0, 0.05) is 11.6 Å². The molecule has 3 N–H and O–H groups in total. The molecule has 13 heavy (non-hydrogen) atoms. The van der Waals surface area contributed by atoms with E-state index < -0.39 is 5.91 Å². The second kappa shape index (κ2) is 2.85. The Labute approximate surface area is 74.0 Å². The molecular formula is C8H8N4O. The number of H-pyrrole nitrogens is 1. The Hall–Kier alpha value is -1.91. The summed E-state index contributed by atoms with van der Waals surface area (Å²) in [5.41, 5.74) is 6.34. The number of hydrogen-bond acceptors (Lipinski definition) is 3. The van der Waals surface area contributed by atoms with Crippen LogP contribution in [0.5, 0.6) is 0 Å². The van der Waals surface area contributed by atoms with Gasteiger partial charge in [-0.3, -0.25) is 4.79 Å².